The Kier molecular flexibility index (Phi) is 2.80. The molecule has 14 heavy (non-hydrogen) atoms. The van der Waals surface area contributed by atoms with Crippen LogP contribution in [0.25, 0.3) is 0 Å². The van der Waals surface area contributed by atoms with Crippen LogP contribution >= 0.6 is 0 Å². The molecule has 76 valence electrons. The highest BCUT2D eigenvalue weighted by atomic mass is 19.1. The maximum Gasteiger partial charge on any atom is 0.144 e. The molecule has 1 fully saturated rings. The van der Waals surface area contributed by atoms with Crippen LogP contribution in [0.2, 0.25) is 0 Å². The molecular weight excluding hydrogens is 177 g/mol. The van der Waals surface area contributed by atoms with Gasteiger partial charge in [-0.25, -0.2) is 4.39 Å². The largest absolute Gasteiger partial charge is 0.258 e. The van der Waals surface area contributed by atoms with Gasteiger partial charge < -0.3 is 0 Å². The van der Waals surface area contributed by atoms with Crippen molar-refractivity contribution in [3.05, 3.63) is 29.3 Å². The molecule has 1 heterocycles. The summed E-state index contributed by atoms with van der Waals surface area (Å²) in [7, 11) is 0. The predicted molar refractivity (Wildman–Crippen MR) is 54.8 cm³/mol. The van der Waals surface area contributed by atoms with Gasteiger partial charge in [0.1, 0.15) is 5.82 Å². The lowest BCUT2D eigenvalue weighted by atomic mass is 9.85. The van der Waals surface area contributed by atoms with Gasteiger partial charge in [0.25, 0.3) is 0 Å². The monoisotopic (exact) mass is 193 g/mol. The van der Waals surface area contributed by atoms with E-state index in [1.54, 1.807) is 13.0 Å². The van der Waals surface area contributed by atoms with E-state index in [0.29, 0.717) is 11.6 Å². The van der Waals surface area contributed by atoms with Crippen LogP contribution in [0.3, 0.4) is 0 Å². The summed E-state index contributed by atoms with van der Waals surface area (Å²) in [6.45, 7) is 1.71. The highest BCUT2D eigenvalue weighted by Crippen LogP contribution is 2.32. The van der Waals surface area contributed by atoms with Crippen molar-refractivity contribution in [2.45, 2.75) is 44.9 Å². The first-order chi connectivity index (χ1) is 6.77. The zero-order valence-corrected chi connectivity index (χ0v) is 8.59. The number of hydrogen-bond acceptors (Lipinski definition) is 1. The summed E-state index contributed by atoms with van der Waals surface area (Å²) in [5, 5.41) is 0. The van der Waals surface area contributed by atoms with Crippen LogP contribution in [-0.2, 0) is 0 Å². The fourth-order valence-corrected chi connectivity index (χ4v) is 2.18. The van der Waals surface area contributed by atoms with Crippen LogP contribution in [0.1, 0.15) is 49.3 Å². The Morgan fingerprint density at radius 2 is 2.00 bits per heavy atom. The van der Waals surface area contributed by atoms with E-state index in [1.165, 1.54) is 32.1 Å². The van der Waals surface area contributed by atoms with E-state index < -0.39 is 0 Å². The average molecular weight is 193 g/mol. The maximum absolute atomic E-state index is 13.3. The molecule has 0 unspecified atom stereocenters. The standard InChI is InChI=1S/C12H16FN/c1-9-12(13)7-11(8-14-9)10-5-3-2-4-6-10/h7-8,10H,2-6H2,1H3. The van der Waals surface area contributed by atoms with Gasteiger partial charge in [0, 0.05) is 6.20 Å². The Morgan fingerprint density at radius 1 is 1.29 bits per heavy atom. The van der Waals surface area contributed by atoms with Crippen LogP contribution in [0, 0.1) is 12.7 Å². The fraction of sp³-hybridized carbons (Fsp3) is 0.583. The highest BCUT2D eigenvalue weighted by Gasteiger charge is 2.16. The SMILES string of the molecule is Cc1ncc(C2CCCCC2)cc1F. The number of rotatable bonds is 1. The quantitative estimate of drug-likeness (QED) is 0.664. The second kappa shape index (κ2) is 4.07. The second-order valence-electron chi connectivity index (χ2n) is 4.17. The number of hydrogen-bond donors (Lipinski definition) is 0. The van der Waals surface area contributed by atoms with Crippen molar-refractivity contribution in [2.24, 2.45) is 0 Å². The van der Waals surface area contributed by atoms with E-state index in [4.69, 9.17) is 0 Å². The molecule has 0 bridgehead atoms. The topological polar surface area (TPSA) is 12.9 Å². The van der Waals surface area contributed by atoms with E-state index >= 15 is 0 Å². The normalized spacial score (nSPS) is 18.4. The van der Waals surface area contributed by atoms with Gasteiger partial charge in [0.2, 0.25) is 0 Å². The van der Waals surface area contributed by atoms with Gasteiger partial charge in [0.15, 0.2) is 0 Å². The first-order valence-corrected chi connectivity index (χ1v) is 5.39. The van der Waals surface area contributed by atoms with Crippen LogP contribution in [0.4, 0.5) is 4.39 Å². The fourth-order valence-electron chi connectivity index (χ4n) is 2.18. The molecular formula is C12H16FN. The summed E-state index contributed by atoms with van der Waals surface area (Å²) >= 11 is 0. The first-order valence-electron chi connectivity index (χ1n) is 5.39. The number of halogens is 1. The zero-order chi connectivity index (χ0) is 9.97. The molecule has 0 amide bonds. The Hall–Kier alpha value is -0.920. The molecule has 0 saturated heterocycles. The van der Waals surface area contributed by atoms with Gasteiger partial charge in [-0.05, 0) is 37.3 Å². The van der Waals surface area contributed by atoms with Gasteiger partial charge in [-0.1, -0.05) is 19.3 Å². The van der Waals surface area contributed by atoms with Gasteiger partial charge in [-0.3, -0.25) is 4.98 Å². The molecule has 1 aromatic heterocycles. The van der Waals surface area contributed by atoms with E-state index in [0.717, 1.165) is 5.56 Å². The molecule has 2 rings (SSSR count). The highest BCUT2D eigenvalue weighted by molar-refractivity contribution is 5.19. The van der Waals surface area contributed by atoms with E-state index in [-0.39, 0.29) is 5.82 Å². The molecule has 1 aromatic rings. The second-order valence-corrected chi connectivity index (χ2v) is 4.17. The van der Waals surface area contributed by atoms with Gasteiger partial charge in [0.05, 0.1) is 5.69 Å². The zero-order valence-electron chi connectivity index (χ0n) is 8.59. The summed E-state index contributed by atoms with van der Waals surface area (Å²) < 4.78 is 13.3. The average Bonchev–Trinajstić information content (AvgIpc) is 2.23. The van der Waals surface area contributed by atoms with Crippen molar-refractivity contribution in [3.63, 3.8) is 0 Å². The van der Waals surface area contributed by atoms with Crippen molar-refractivity contribution in [1.82, 2.24) is 4.98 Å². The molecule has 0 aliphatic heterocycles. The van der Waals surface area contributed by atoms with E-state index in [2.05, 4.69) is 4.98 Å². The molecule has 0 radical (unpaired) electrons. The van der Waals surface area contributed by atoms with Crippen LogP contribution in [-0.4, -0.2) is 4.98 Å². The lowest BCUT2D eigenvalue weighted by Gasteiger charge is -2.21. The number of nitrogens with zero attached hydrogens (tertiary/aromatic N) is 1. The van der Waals surface area contributed by atoms with Crippen molar-refractivity contribution in [3.8, 4) is 0 Å². The van der Waals surface area contributed by atoms with Crippen molar-refractivity contribution in [1.29, 1.82) is 0 Å². The molecule has 0 N–H and O–H groups in total. The van der Waals surface area contributed by atoms with Gasteiger partial charge in [-0.2, -0.15) is 0 Å². The maximum atomic E-state index is 13.3. The Balaban J connectivity index is 2.18. The number of aryl methyl sites for hydroxylation is 1. The third-order valence-corrected chi connectivity index (χ3v) is 3.12. The summed E-state index contributed by atoms with van der Waals surface area (Å²) in [4.78, 5) is 4.08. The Bertz CT molecular complexity index is 316. The molecule has 0 spiro atoms. The summed E-state index contributed by atoms with van der Waals surface area (Å²) in [5.74, 6) is 0.388. The minimum absolute atomic E-state index is 0.159. The molecule has 1 saturated carbocycles. The Labute approximate surface area is 84.4 Å². The molecule has 1 nitrogen and oxygen atoms in total. The van der Waals surface area contributed by atoms with Crippen LogP contribution in [0.15, 0.2) is 12.3 Å². The lowest BCUT2D eigenvalue weighted by Crippen LogP contribution is -2.05. The minimum atomic E-state index is -0.159. The summed E-state index contributed by atoms with van der Waals surface area (Å²) in [6, 6.07) is 1.66. The molecule has 1 aliphatic rings. The van der Waals surface area contributed by atoms with Crippen LogP contribution in [0.5, 0.6) is 0 Å². The third kappa shape index (κ3) is 1.94. The first kappa shape index (κ1) is 9.63. The molecule has 0 aromatic carbocycles. The lowest BCUT2D eigenvalue weighted by molar-refractivity contribution is 0.440. The summed E-state index contributed by atoms with van der Waals surface area (Å²) in [5.41, 5.74) is 1.59. The van der Waals surface area contributed by atoms with Gasteiger partial charge >= 0.3 is 0 Å². The molecule has 1 aliphatic carbocycles. The van der Waals surface area contributed by atoms with E-state index in [1.807, 2.05) is 6.20 Å². The van der Waals surface area contributed by atoms with Crippen molar-refractivity contribution >= 4 is 0 Å². The van der Waals surface area contributed by atoms with Gasteiger partial charge in [-0.15, -0.1) is 0 Å². The predicted octanol–water partition coefficient (Wildman–Crippen LogP) is 3.58. The number of aromatic nitrogens is 1. The van der Waals surface area contributed by atoms with Crippen molar-refractivity contribution < 1.29 is 4.39 Å². The number of pyridine rings is 1. The van der Waals surface area contributed by atoms with Crippen LogP contribution < -0.4 is 0 Å². The molecule has 0 atom stereocenters. The smallest absolute Gasteiger partial charge is 0.144 e. The minimum Gasteiger partial charge on any atom is -0.258 e. The summed E-state index contributed by atoms with van der Waals surface area (Å²) in [6.07, 6.45) is 8.13. The molecule has 2 heteroatoms. The Morgan fingerprint density at radius 3 is 2.64 bits per heavy atom. The third-order valence-electron chi connectivity index (χ3n) is 3.12. The van der Waals surface area contributed by atoms with E-state index in [9.17, 15) is 4.39 Å². The van der Waals surface area contributed by atoms with Crippen molar-refractivity contribution in [2.75, 3.05) is 0 Å².